The molecular formula is C11H9BrFN3O3S2. The van der Waals surface area contributed by atoms with E-state index in [1.165, 1.54) is 19.1 Å². The highest BCUT2D eigenvalue weighted by Crippen LogP contribution is 2.26. The first kappa shape index (κ1) is 16.0. The van der Waals surface area contributed by atoms with Crippen molar-refractivity contribution < 1.29 is 17.6 Å². The van der Waals surface area contributed by atoms with E-state index in [0.29, 0.717) is 4.47 Å². The van der Waals surface area contributed by atoms with Crippen LogP contribution in [0.2, 0.25) is 0 Å². The highest BCUT2D eigenvalue weighted by molar-refractivity contribution is 9.10. The van der Waals surface area contributed by atoms with E-state index in [0.717, 1.165) is 17.4 Å². The van der Waals surface area contributed by atoms with Crippen LogP contribution in [0.1, 0.15) is 16.1 Å². The lowest BCUT2D eigenvalue weighted by Gasteiger charge is -2.02. The van der Waals surface area contributed by atoms with Gasteiger partial charge in [-0.1, -0.05) is 27.3 Å². The van der Waals surface area contributed by atoms with Crippen LogP contribution in [0.3, 0.4) is 0 Å². The highest BCUT2D eigenvalue weighted by Gasteiger charge is 2.19. The van der Waals surface area contributed by atoms with E-state index in [-0.39, 0.29) is 20.6 Å². The first-order chi connectivity index (χ1) is 9.66. The normalized spacial score (nSPS) is 11.4. The Labute approximate surface area is 132 Å². The molecule has 0 radical (unpaired) electrons. The minimum atomic E-state index is -3.89. The molecule has 0 bridgehead atoms. The maximum absolute atomic E-state index is 13.2. The fraction of sp³-hybridized carbons (Fsp3) is 0.0909. The van der Waals surface area contributed by atoms with Gasteiger partial charge in [0, 0.05) is 10.0 Å². The molecule has 1 aromatic heterocycles. The molecule has 21 heavy (non-hydrogen) atoms. The van der Waals surface area contributed by atoms with Crippen LogP contribution in [0.4, 0.5) is 9.52 Å². The van der Waals surface area contributed by atoms with Crippen molar-refractivity contribution in [1.82, 2.24) is 4.98 Å². The molecule has 2 rings (SSSR count). The number of anilines is 1. The van der Waals surface area contributed by atoms with Crippen molar-refractivity contribution in [1.29, 1.82) is 0 Å². The molecule has 3 N–H and O–H groups in total. The number of hydrogen-bond donors (Lipinski definition) is 2. The number of rotatable bonds is 3. The second-order valence-corrected chi connectivity index (χ2v) is 7.72. The Morgan fingerprint density at radius 1 is 1.43 bits per heavy atom. The van der Waals surface area contributed by atoms with Crippen molar-refractivity contribution in [3.05, 3.63) is 39.7 Å². The molecule has 10 heteroatoms. The Balaban J connectivity index is 2.28. The Morgan fingerprint density at radius 2 is 2.10 bits per heavy atom. The molecule has 112 valence electrons. The minimum absolute atomic E-state index is 0.0712. The van der Waals surface area contributed by atoms with Gasteiger partial charge in [-0.2, -0.15) is 0 Å². The Kier molecular flexibility index (Phi) is 4.42. The number of thiazole rings is 1. The summed E-state index contributed by atoms with van der Waals surface area (Å²) in [5.41, 5.74) is 0.269. The molecule has 2 aromatic rings. The summed E-state index contributed by atoms with van der Waals surface area (Å²) in [4.78, 5) is 15.9. The maximum Gasteiger partial charge on any atom is 0.257 e. The van der Waals surface area contributed by atoms with E-state index in [1.54, 1.807) is 0 Å². The number of carbonyl (C=O) groups is 1. The van der Waals surface area contributed by atoms with Gasteiger partial charge in [0.25, 0.3) is 5.91 Å². The van der Waals surface area contributed by atoms with Crippen LogP contribution in [-0.2, 0) is 10.0 Å². The van der Waals surface area contributed by atoms with Crippen molar-refractivity contribution in [3.63, 3.8) is 0 Å². The Hall–Kier alpha value is -1.36. The fourth-order valence-electron chi connectivity index (χ4n) is 1.55. The third-order valence-corrected chi connectivity index (χ3v) is 5.44. The van der Waals surface area contributed by atoms with E-state index in [2.05, 4.69) is 26.2 Å². The van der Waals surface area contributed by atoms with E-state index in [4.69, 9.17) is 5.14 Å². The second kappa shape index (κ2) is 5.79. The summed E-state index contributed by atoms with van der Waals surface area (Å²) in [6, 6.07) is 3.70. The molecule has 1 aromatic carbocycles. The summed E-state index contributed by atoms with van der Waals surface area (Å²) in [5.74, 6) is -1.18. The van der Waals surface area contributed by atoms with Crippen molar-refractivity contribution in [2.24, 2.45) is 5.14 Å². The number of sulfonamides is 1. The maximum atomic E-state index is 13.2. The molecule has 1 heterocycles. The first-order valence-electron chi connectivity index (χ1n) is 5.44. The molecular weight excluding hydrogens is 385 g/mol. The Morgan fingerprint density at radius 3 is 2.62 bits per heavy atom. The zero-order valence-electron chi connectivity index (χ0n) is 10.6. The zero-order valence-corrected chi connectivity index (χ0v) is 13.8. The molecule has 0 fully saturated rings. The number of hydrogen-bond acceptors (Lipinski definition) is 5. The topological polar surface area (TPSA) is 102 Å². The highest BCUT2D eigenvalue weighted by atomic mass is 79.9. The molecule has 6 nitrogen and oxygen atoms in total. The molecule has 0 spiro atoms. The predicted octanol–water partition coefficient (Wildman–Crippen LogP) is 2.25. The lowest BCUT2D eigenvalue weighted by Crippen LogP contribution is -2.12. The number of carbonyl (C=O) groups excluding carboxylic acids is 1. The van der Waals surface area contributed by atoms with Gasteiger partial charge in [0.1, 0.15) is 5.82 Å². The van der Waals surface area contributed by atoms with Crippen molar-refractivity contribution in [2.75, 3.05) is 5.32 Å². The zero-order chi connectivity index (χ0) is 15.8. The summed E-state index contributed by atoms with van der Waals surface area (Å²) in [7, 11) is -3.89. The molecule has 1 amide bonds. The average Bonchev–Trinajstić information content (AvgIpc) is 2.68. The fourth-order valence-corrected chi connectivity index (χ4v) is 3.87. The van der Waals surface area contributed by atoms with Gasteiger partial charge in [0.2, 0.25) is 10.0 Å². The van der Waals surface area contributed by atoms with E-state index >= 15 is 0 Å². The van der Waals surface area contributed by atoms with E-state index < -0.39 is 21.7 Å². The van der Waals surface area contributed by atoms with Crippen molar-refractivity contribution in [2.45, 2.75) is 11.1 Å². The molecule has 0 saturated carbocycles. The van der Waals surface area contributed by atoms with Crippen LogP contribution in [-0.4, -0.2) is 19.3 Å². The summed E-state index contributed by atoms with van der Waals surface area (Å²) < 4.78 is 36.1. The SMILES string of the molecule is Cc1nc(NC(=O)c2cc(F)cc(Br)c2)sc1S(N)(=O)=O. The number of nitrogens with zero attached hydrogens (tertiary/aromatic N) is 1. The smallest absolute Gasteiger partial charge is 0.257 e. The summed E-state index contributed by atoms with van der Waals surface area (Å²) in [6.45, 7) is 1.46. The standard InChI is InChI=1S/C11H9BrFN3O3S2/c1-5-10(21(14,18)19)20-11(15-5)16-9(17)6-2-7(12)4-8(13)3-6/h2-4H,1H3,(H2,14,18,19)(H,15,16,17). The monoisotopic (exact) mass is 393 g/mol. The summed E-state index contributed by atoms with van der Waals surface area (Å²) >= 11 is 3.82. The summed E-state index contributed by atoms with van der Waals surface area (Å²) in [6.07, 6.45) is 0. The minimum Gasteiger partial charge on any atom is -0.298 e. The lowest BCUT2D eigenvalue weighted by atomic mass is 10.2. The summed E-state index contributed by atoms with van der Waals surface area (Å²) in [5, 5.41) is 7.50. The lowest BCUT2D eigenvalue weighted by molar-refractivity contribution is 0.102. The van der Waals surface area contributed by atoms with Crippen LogP contribution in [0, 0.1) is 12.7 Å². The van der Waals surface area contributed by atoms with Gasteiger partial charge in [0.15, 0.2) is 9.34 Å². The molecule has 0 aliphatic heterocycles. The van der Waals surface area contributed by atoms with Crippen molar-refractivity contribution in [3.8, 4) is 0 Å². The largest absolute Gasteiger partial charge is 0.298 e. The number of primary sulfonamides is 1. The van der Waals surface area contributed by atoms with Gasteiger partial charge in [-0.25, -0.2) is 22.9 Å². The second-order valence-electron chi connectivity index (χ2n) is 4.05. The molecule has 0 unspecified atom stereocenters. The quantitative estimate of drug-likeness (QED) is 0.834. The van der Waals surface area contributed by atoms with Crippen LogP contribution < -0.4 is 10.5 Å². The number of nitrogens with two attached hydrogens (primary N) is 1. The van der Waals surface area contributed by atoms with Crippen LogP contribution in [0.25, 0.3) is 0 Å². The third kappa shape index (κ3) is 3.84. The van der Waals surface area contributed by atoms with Crippen LogP contribution in [0.5, 0.6) is 0 Å². The van der Waals surface area contributed by atoms with E-state index in [1.807, 2.05) is 0 Å². The van der Waals surface area contributed by atoms with Crippen LogP contribution in [0.15, 0.2) is 26.9 Å². The number of benzene rings is 1. The molecule has 0 atom stereocenters. The molecule has 0 saturated heterocycles. The predicted molar refractivity (Wildman–Crippen MR) is 80.3 cm³/mol. The number of halogens is 2. The third-order valence-electron chi connectivity index (χ3n) is 2.36. The van der Waals surface area contributed by atoms with Gasteiger partial charge >= 0.3 is 0 Å². The van der Waals surface area contributed by atoms with E-state index in [9.17, 15) is 17.6 Å². The molecule has 0 aliphatic carbocycles. The first-order valence-corrected chi connectivity index (χ1v) is 8.60. The van der Waals surface area contributed by atoms with Gasteiger partial charge in [0.05, 0.1) is 5.69 Å². The van der Waals surface area contributed by atoms with Gasteiger partial charge < -0.3 is 0 Å². The van der Waals surface area contributed by atoms with Gasteiger partial charge in [-0.3, -0.25) is 10.1 Å². The number of amides is 1. The number of aromatic nitrogens is 1. The van der Waals surface area contributed by atoms with Gasteiger partial charge in [-0.15, -0.1) is 0 Å². The average molecular weight is 394 g/mol. The van der Waals surface area contributed by atoms with Crippen LogP contribution >= 0.6 is 27.3 Å². The Bertz CT molecular complexity index is 800. The molecule has 0 aliphatic rings. The van der Waals surface area contributed by atoms with Gasteiger partial charge in [-0.05, 0) is 25.1 Å². The van der Waals surface area contributed by atoms with Crippen molar-refractivity contribution >= 4 is 48.3 Å². The number of aryl methyl sites for hydroxylation is 1. The number of nitrogens with one attached hydrogen (secondary N) is 1.